The number of H-pyrrole nitrogens is 1. The Labute approximate surface area is 184 Å². The van der Waals surface area contributed by atoms with E-state index in [0.717, 1.165) is 37.6 Å². The first-order valence-corrected chi connectivity index (χ1v) is 10.8. The van der Waals surface area contributed by atoms with Gasteiger partial charge >= 0.3 is 0 Å². The fraction of sp³-hybridized carbons (Fsp3) is 0.250. The number of nitrogens with two attached hydrogens (primary N) is 1. The SMILES string of the molecule is CC.Cc1ccc(C(C)(C)N)cc1Nc1nc2ccc(Br)cc2c2c(=O)[nH]ccc12. The largest absolute Gasteiger partial charge is 0.339 e. The fourth-order valence-electron chi connectivity index (χ4n) is 3.31. The van der Waals surface area contributed by atoms with E-state index in [1.807, 2.05) is 77.1 Å². The van der Waals surface area contributed by atoms with Crippen LogP contribution in [0.25, 0.3) is 21.7 Å². The van der Waals surface area contributed by atoms with E-state index in [9.17, 15) is 4.79 Å². The van der Waals surface area contributed by atoms with Crippen LogP contribution in [0.1, 0.15) is 38.8 Å². The summed E-state index contributed by atoms with van der Waals surface area (Å²) in [6.07, 6.45) is 1.65. The minimum atomic E-state index is -0.452. The van der Waals surface area contributed by atoms with Crippen molar-refractivity contribution in [2.75, 3.05) is 5.32 Å². The van der Waals surface area contributed by atoms with Gasteiger partial charge in [-0.3, -0.25) is 4.79 Å². The lowest BCUT2D eigenvalue weighted by Crippen LogP contribution is -2.28. The predicted octanol–water partition coefficient (Wildman–Crippen LogP) is 6.11. The topological polar surface area (TPSA) is 83.8 Å². The number of pyridine rings is 2. The first-order chi connectivity index (χ1) is 14.2. The predicted molar refractivity (Wildman–Crippen MR) is 131 cm³/mol. The minimum absolute atomic E-state index is 0.139. The second-order valence-corrected chi connectivity index (χ2v) is 8.51. The third kappa shape index (κ3) is 4.25. The quantitative estimate of drug-likeness (QED) is 0.318. The molecule has 2 aromatic heterocycles. The van der Waals surface area contributed by atoms with Gasteiger partial charge in [-0.25, -0.2) is 4.98 Å². The summed E-state index contributed by atoms with van der Waals surface area (Å²) in [6, 6.07) is 13.7. The standard InChI is InChI=1S/C22H21BrN4O.C2H6/c1-12-4-5-13(22(2,3)24)10-18(12)27-20-15-8-9-25-21(28)19(15)16-11-14(23)6-7-17(16)26-20;1-2/h4-11H,24H2,1-3H3,(H,25,28)(H,26,27);1-2H3. The highest BCUT2D eigenvalue weighted by Gasteiger charge is 2.17. The minimum Gasteiger partial charge on any atom is -0.339 e. The summed E-state index contributed by atoms with van der Waals surface area (Å²) in [6.45, 7) is 9.98. The van der Waals surface area contributed by atoms with E-state index in [0.29, 0.717) is 11.2 Å². The van der Waals surface area contributed by atoms with E-state index >= 15 is 0 Å². The molecule has 0 aliphatic carbocycles. The van der Waals surface area contributed by atoms with E-state index < -0.39 is 5.54 Å². The molecule has 30 heavy (non-hydrogen) atoms. The molecule has 0 aliphatic heterocycles. The lowest BCUT2D eigenvalue weighted by molar-refractivity contribution is 0.554. The molecule has 0 amide bonds. The number of fused-ring (bicyclic) bond motifs is 3. The summed E-state index contributed by atoms with van der Waals surface area (Å²) in [5.41, 5.74) is 9.45. The van der Waals surface area contributed by atoms with Crippen molar-refractivity contribution >= 4 is 49.1 Å². The lowest BCUT2D eigenvalue weighted by Gasteiger charge is -2.21. The number of aromatic amines is 1. The highest BCUT2D eigenvalue weighted by Crippen LogP contribution is 2.32. The van der Waals surface area contributed by atoms with E-state index in [4.69, 9.17) is 10.7 Å². The molecule has 0 saturated heterocycles. The molecule has 6 heteroatoms. The average Bonchev–Trinajstić information content (AvgIpc) is 2.71. The highest BCUT2D eigenvalue weighted by atomic mass is 79.9. The molecule has 0 radical (unpaired) electrons. The van der Waals surface area contributed by atoms with E-state index in [2.05, 4.69) is 26.2 Å². The number of hydrogen-bond donors (Lipinski definition) is 3. The highest BCUT2D eigenvalue weighted by molar-refractivity contribution is 9.10. The number of aromatic nitrogens is 2. The Kier molecular flexibility index (Phi) is 6.29. The first-order valence-electron chi connectivity index (χ1n) is 10.0. The molecule has 0 saturated carbocycles. The molecule has 0 atom stereocenters. The summed E-state index contributed by atoms with van der Waals surface area (Å²) in [5, 5.41) is 5.63. The summed E-state index contributed by atoms with van der Waals surface area (Å²) in [5.74, 6) is 0.644. The summed E-state index contributed by atoms with van der Waals surface area (Å²) in [7, 11) is 0. The van der Waals surface area contributed by atoms with Gasteiger partial charge in [0.1, 0.15) is 5.82 Å². The fourth-order valence-corrected chi connectivity index (χ4v) is 3.67. The normalized spacial score (nSPS) is 11.3. The molecule has 0 spiro atoms. The molecule has 2 heterocycles. The molecule has 0 aliphatic rings. The molecule has 2 aromatic carbocycles. The summed E-state index contributed by atoms with van der Waals surface area (Å²) in [4.78, 5) is 20.2. The molecular formula is C24H27BrN4O. The number of benzene rings is 2. The van der Waals surface area contributed by atoms with Crippen LogP contribution in [0.4, 0.5) is 11.5 Å². The second kappa shape index (κ2) is 8.58. The molecule has 156 valence electrons. The zero-order chi connectivity index (χ0) is 22.1. The summed E-state index contributed by atoms with van der Waals surface area (Å²) < 4.78 is 0.904. The van der Waals surface area contributed by atoms with Crippen LogP contribution in [0.3, 0.4) is 0 Å². The van der Waals surface area contributed by atoms with Gasteiger partial charge in [0.05, 0.1) is 10.9 Å². The van der Waals surface area contributed by atoms with Gasteiger partial charge in [0.2, 0.25) is 0 Å². The number of aryl methyl sites for hydroxylation is 1. The van der Waals surface area contributed by atoms with Crippen LogP contribution in [-0.2, 0) is 5.54 Å². The summed E-state index contributed by atoms with van der Waals surface area (Å²) >= 11 is 3.48. The third-order valence-corrected chi connectivity index (χ3v) is 5.40. The van der Waals surface area contributed by atoms with Crippen LogP contribution < -0.4 is 16.6 Å². The van der Waals surface area contributed by atoms with Crippen molar-refractivity contribution < 1.29 is 0 Å². The van der Waals surface area contributed by atoms with Crippen LogP contribution in [0.15, 0.2) is 57.9 Å². The van der Waals surface area contributed by atoms with Gasteiger partial charge in [0.25, 0.3) is 5.56 Å². The van der Waals surface area contributed by atoms with Gasteiger partial charge in [-0.2, -0.15) is 0 Å². The Morgan fingerprint density at radius 1 is 1.07 bits per heavy atom. The van der Waals surface area contributed by atoms with Crippen LogP contribution in [-0.4, -0.2) is 9.97 Å². The Morgan fingerprint density at radius 3 is 2.50 bits per heavy atom. The van der Waals surface area contributed by atoms with Gasteiger partial charge in [-0.15, -0.1) is 0 Å². The first kappa shape index (κ1) is 22.0. The van der Waals surface area contributed by atoms with Gasteiger partial charge in [0, 0.05) is 32.7 Å². The molecule has 5 nitrogen and oxygen atoms in total. The van der Waals surface area contributed by atoms with E-state index in [-0.39, 0.29) is 5.56 Å². The van der Waals surface area contributed by atoms with Crippen molar-refractivity contribution in [3.8, 4) is 0 Å². The Hall–Kier alpha value is -2.70. The molecule has 4 aromatic rings. The smallest absolute Gasteiger partial charge is 0.256 e. The van der Waals surface area contributed by atoms with Crippen molar-refractivity contribution in [1.82, 2.24) is 9.97 Å². The van der Waals surface area contributed by atoms with Gasteiger partial charge in [-0.05, 0) is 62.2 Å². The molecule has 0 fully saturated rings. The van der Waals surface area contributed by atoms with Crippen LogP contribution in [0, 0.1) is 6.92 Å². The Balaban J connectivity index is 0.00000124. The zero-order valence-corrected chi connectivity index (χ0v) is 19.5. The number of nitrogens with zero attached hydrogens (tertiary/aromatic N) is 1. The average molecular weight is 467 g/mol. The molecule has 0 unspecified atom stereocenters. The number of halogens is 1. The third-order valence-electron chi connectivity index (χ3n) is 4.91. The van der Waals surface area contributed by atoms with Gasteiger partial charge in [0.15, 0.2) is 0 Å². The number of hydrogen-bond acceptors (Lipinski definition) is 4. The Morgan fingerprint density at radius 2 is 1.80 bits per heavy atom. The van der Waals surface area contributed by atoms with Crippen LogP contribution in [0.2, 0.25) is 0 Å². The van der Waals surface area contributed by atoms with Crippen molar-refractivity contribution in [3.63, 3.8) is 0 Å². The Bertz CT molecular complexity index is 1270. The monoisotopic (exact) mass is 466 g/mol. The lowest BCUT2D eigenvalue weighted by atomic mass is 9.94. The molecular weight excluding hydrogens is 440 g/mol. The molecule has 4 N–H and O–H groups in total. The molecule has 0 bridgehead atoms. The maximum atomic E-state index is 12.6. The van der Waals surface area contributed by atoms with Gasteiger partial charge < -0.3 is 16.0 Å². The van der Waals surface area contributed by atoms with Crippen molar-refractivity contribution in [2.45, 2.75) is 40.2 Å². The second-order valence-electron chi connectivity index (χ2n) is 7.59. The molecule has 4 rings (SSSR count). The number of rotatable bonds is 3. The maximum absolute atomic E-state index is 12.6. The van der Waals surface area contributed by atoms with Gasteiger partial charge in [-0.1, -0.05) is 41.9 Å². The van der Waals surface area contributed by atoms with Crippen LogP contribution in [0.5, 0.6) is 0 Å². The van der Waals surface area contributed by atoms with Crippen molar-refractivity contribution in [3.05, 3.63) is 74.6 Å². The maximum Gasteiger partial charge on any atom is 0.256 e. The number of anilines is 2. The van der Waals surface area contributed by atoms with E-state index in [1.54, 1.807) is 6.20 Å². The van der Waals surface area contributed by atoms with E-state index in [1.165, 1.54) is 0 Å². The van der Waals surface area contributed by atoms with Crippen molar-refractivity contribution in [1.29, 1.82) is 0 Å². The van der Waals surface area contributed by atoms with Crippen molar-refractivity contribution in [2.24, 2.45) is 5.73 Å². The zero-order valence-electron chi connectivity index (χ0n) is 17.9. The number of nitrogens with one attached hydrogen (secondary N) is 2. The van der Waals surface area contributed by atoms with Crippen LogP contribution >= 0.6 is 15.9 Å².